The van der Waals surface area contributed by atoms with Crippen LogP contribution in [0.1, 0.15) is 18.4 Å². The number of rotatable bonds is 5. The maximum atomic E-state index is 12.9. The largest absolute Gasteiger partial charge is 0.381 e. The van der Waals surface area contributed by atoms with E-state index in [-0.39, 0.29) is 16.7 Å². The smallest absolute Gasteiger partial charge is 0.257 e. The van der Waals surface area contributed by atoms with Crippen molar-refractivity contribution in [1.82, 2.24) is 4.98 Å². The molecule has 144 valence electrons. The van der Waals surface area contributed by atoms with Gasteiger partial charge in [-0.1, -0.05) is 41.1 Å². The fourth-order valence-electron chi connectivity index (χ4n) is 2.78. The summed E-state index contributed by atoms with van der Waals surface area (Å²) in [6.45, 7) is 1.32. The normalized spacial score (nSPS) is 16.3. The van der Waals surface area contributed by atoms with Gasteiger partial charge >= 0.3 is 0 Å². The molecule has 0 saturated carbocycles. The molecular formula is C18H19ClN2O4S2. The van der Waals surface area contributed by atoms with Crippen LogP contribution in [0.4, 0.5) is 5.13 Å². The summed E-state index contributed by atoms with van der Waals surface area (Å²) in [4.78, 5) is 17.1. The summed E-state index contributed by atoms with van der Waals surface area (Å²) in [5, 5.41) is 3.17. The van der Waals surface area contributed by atoms with Crippen LogP contribution >= 0.6 is 22.9 Å². The van der Waals surface area contributed by atoms with Crippen molar-refractivity contribution in [3.8, 4) is 0 Å². The lowest BCUT2D eigenvalue weighted by molar-refractivity contribution is -0.111. The van der Waals surface area contributed by atoms with Crippen LogP contribution in [0.3, 0.4) is 0 Å². The van der Waals surface area contributed by atoms with Crippen molar-refractivity contribution in [2.24, 2.45) is 5.92 Å². The van der Waals surface area contributed by atoms with E-state index < -0.39 is 9.84 Å². The predicted molar refractivity (Wildman–Crippen MR) is 107 cm³/mol. The Bertz CT molecular complexity index is 946. The lowest BCUT2D eigenvalue weighted by Crippen LogP contribution is -2.18. The number of amides is 1. The number of allylic oxidation sites excluding steroid dienone is 1. The van der Waals surface area contributed by atoms with Crippen molar-refractivity contribution in [1.29, 1.82) is 0 Å². The molecule has 1 N–H and O–H groups in total. The number of nitrogens with one attached hydrogen (secondary N) is 1. The third-order valence-electron chi connectivity index (χ3n) is 4.20. The van der Waals surface area contributed by atoms with Crippen molar-refractivity contribution in [3.63, 3.8) is 0 Å². The zero-order chi connectivity index (χ0) is 19.4. The van der Waals surface area contributed by atoms with Crippen LogP contribution in [0.2, 0.25) is 4.34 Å². The summed E-state index contributed by atoms with van der Waals surface area (Å²) in [6.07, 6.45) is 6.23. The second-order valence-electron chi connectivity index (χ2n) is 6.25. The highest BCUT2D eigenvalue weighted by Gasteiger charge is 2.19. The SMILES string of the molecule is CS(=O)(=O)c1ccc(/C(=C\C2CCOCC2)C(=O)Nc2ncc(Cl)s2)cc1. The fourth-order valence-corrected chi connectivity index (χ4v) is 4.22. The molecule has 6 nitrogen and oxygen atoms in total. The molecule has 1 amide bonds. The highest BCUT2D eigenvalue weighted by Crippen LogP contribution is 2.27. The van der Waals surface area contributed by atoms with Gasteiger partial charge in [-0.15, -0.1) is 0 Å². The van der Waals surface area contributed by atoms with Crippen LogP contribution < -0.4 is 5.32 Å². The molecule has 0 bridgehead atoms. The van der Waals surface area contributed by atoms with Crippen LogP contribution in [0.5, 0.6) is 0 Å². The second-order valence-corrected chi connectivity index (χ2v) is 9.93. The van der Waals surface area contributed by atoms with Crippen molar-refractivity contribution in [3.05, 3.63) is 46.4 Å². The van der Waals surface area contributed by atoms with Crippen molar-refractivity contribution in [2.45, 2.75) is 17.7 Å². The topological polar surface area (TPSA) is 85.4 Å². The number of carbonyl (C=O) groups excluding carboxylic acids is 1. The van der Waals surface area contributed by atoms with Gasteiger partial charge in [0.15, 0.2) is 15.0 Å². The van der Waals surface area contributed by atoms with Crippen molar-refractivity contribution < 1.29 is 17.9 Å². The molecule has 27 heavy (non-hydrogen) atoms. The highest BCUT2D eigenvalue weighted by atomic mass is 35.5. The van der Waals surface area contributed by atoms with Gasteiger partial charge in [-0.05, 0) is 36.5 Å². The van der Waals surface area contributed by atoms with E-state index in [0.29, 0.717) is 33.8 Å². The molecule has 1 fully saturated rings. The lowest BCUT2D eigenvalue weighted by Gasteiger charge is -2.20. The maximum Gasteiger partial charge on any atom is 0.257 e. The lowest BCUT2D eigenvalue weighted by atomic mass is 9.94. The molecule has 2 heterocycles. The van der Waals surface area contributed by atoms with E-state index >= 15 is 0 Å². The number of sulfone groups is 1. The molecule has 0 radical (unpaired) electrons. The van der Waals surface area contributed by atoms with E-state index in [4.69, 9.17) is 16.3 Å². The summed E-state index contributed by atoms with van der Waals surface area (Å²) in [5.74, 6) is -0.0893. The number of hydrogen-bond donors (Lipinski definition) is 1. The van der Waals surface area contributed by atoms with Crippen LogP contribution in [-0.2, 0) is 19.4 Å². The molecule has 9 heteroatoms. The Kier molecular flexibility index (Phi) is 6.31. The Hall–Kier alpha value is -1.74. The molecule has 3 rings (SSSR count). The number of ether oxygens (including phenoxy) is 1. The monoisotopic (exact) mass is 426 g/mol. The highest BCUT2D eigenvalue weighted by molar-refractivity contribution is 7.90. The van der Waals surface area contributed by atoms with Crippen LogP contribution in [0.25, 0.3) is 5.57 Å². The summed E-state index contributed by atoms with van der Waals surface area (Å²) >= 11 is 7.05. The summed E-state index contributed by atoms with van der Waals surface area (Å²) < 4.78 is 29.2. The van der Waals surface area contributed by atoms with E-state index in [2.05, 4.69) is 10.3 Å². The van der Waals surface area contributed by atoms with E-state index in [9.17, 15) is 13.2 Å². The Labute approximate surface area is 167 Å². The minimum Gasteiger partial charge on any atom is -0.381 e. The number of benzene rings is 1. The summed E-state index contributed by atoms with van der Waals surface area (Å²) in [5.41, 5.74) is 1.13. The average molecular weight is 427 g/mol. The number of nitrogens with zero attached hydrogens (tertiary/aromatic N) is 1. The Morgan fingerprint density at radius 3 is 2.52 bits per heavy atom. The third kappa shape index (κ3) is 5.38. The van der Waals surface area contributed by atoms with Gasteiger partial charge in [0.2, 0.25) is 0 Å². The number of anilines is 1. The predicted octanol–water partition coefficient (Wildman–Crippen LogP) is 3.65. The zero-order valence-electron chi connectivity index (χ0n) is 14.6. The van der Waals surface area contributed by atoms with Crippen molar-refractivity contribution >= 4 is 49.4 Å². The molecule has 0 unspecified atom stereocenters. The maximum absolute atomic E-state index is 12.9. The first kappa shape index (κ1) is 20.0. The number of carbonyl (C=O) groups is 1. The molecule has 0 atom stereocenters. The minimum absolute atomic E-state index is 0.212. The summed E-state index contributed by atoms with van der Waals surface area (Å²) in [6, 6.07) is 6.32. The van der Waals surface area contributed by atoms with Gasteiger partial charge < -0.3 is 4.74 Å². The molecule has 1 aliphatic rings. The average Bonchev–Trinajstić information content (AvgIpc) is 3.04. The first-order valence-corrected chi connectivity index (χ1v) is 11.4. The van der Waals surface area contributed by atoms with Crippen LogP contribution in [0.15, 0.2) is 41.4 Å². The Balaban J connectivity index is 1.91. The quantitative estimate of drug-likeness (QED) is 0.737. The van der Waals surface area contributed by atoms with E-state index in [1.165, 1.54) is 29.7 Å². The number of halogens is 1. The van der Waals surface area contributed by atoms with Gasteiger partial charge in [-0.2, -0.15) is 0 Å². The first-order valence-electron chi connectivity index (χ1n) is 8.35. The molecule has 1 aromatic carbocycles. The third-order valence-corrected chi connectivity index (χ3v) is 6.36. The van der Waals surface area contributed by atoms with Gasteiger partial charge in [-0.3, -0.25) is 10.1 Å². The van der Waals surface area contributed by atoms with Crippen LogP contribution in [-0.4, -0.2) is 38.8 Å². The van der Waals surface area contributed by atoms with Crippen molar-refractivity contribution in [2.75, 3.05) is 24.8 Å². The standard InChI is InChI=1S/C18H19ClN2O4S2/c1-27(23,24)14-4-2-13(3-5-14)15(10-12-6-8-25-9-7-12)17(22)21-18-20-11-16(19)26-18/h2-5,10-12H,6-9H2,1H3,(H,20,21,22)/b15-10+. The van der Waals surface area contributed by atoms with Gasteiger partial charge in [0.25, 0.3) is 5.91 Å². The first-order chi connectivity index (χ1) is 12.8. The zero-order valence-corrected chi connectivity index (χ0v) is 17.0. The second kappa shape index (κ2) is 8.52. The fraction of sp³-hybridized carbons (Fsp3) is 0.333. The number of aromatic nitrogens is 1. The van der Waals surface area contributed by atoms with Gasteiger partial charge in [0.1, 0.15) is 4.34 Å². The molecule has 1 aromatic heterocycles. The minimum atomic E-state index is -3.30. The molecule has 0 aliphatic carbocycles. The van der Waals surface area contributed by atoms with E-state index in [1.54, 1.807) is 12.1 Å². The summed E-state index contributed by atoms with van der Waals surface area (Å²) in [7, 11) is -3.30. The molecule has 1 saturated heterocycles. The Morgan fingerprint density at radius 2 is 1.96 bits per heavy atom. The van der Waals surface area contributed by atoms with Gasteiger partial charge in [-0.25, -0.2) is 13.4 Å². The number of hydrogen-bond acceptors (Lipinski definition) is 6. The Morgan fingerprint density at radius 1 is 1.30 bits per heavy atom. The molecule has 1 aliphatic heterocycles. The van der Waals surface area contributed by atoms with Gasteiger partial charge in [0.05, 0.1) is 11.1 Å². The van der Waals surface area contributed by atoms with Crippen LogP contribution in [0, 0.1) is 5.92 Å². The molecule has 0 spiro atoms. The molecular weight excluding hydrogens is 408 g/mol. The van der Waals surface area contributed by atoms with E-state index in [1.807, 2.05) is 6.08 Å². The number of thiazole rings is 1. The van der Waals surface area contributed by atoms with E-state index in [0.717, 1.165) is 19.1 Å². The molecule has 2 aromatic rings. The van der Waals surface area contributed by atoms with Gasteiger partial charge in [0, 0.05) is 25.0 Å².